The minimum atomic E-state index is -0.268. The Morgan fingerprint density at radius 2 is 0.909 bits per heavy atom. The Bertz CT molecular complexity index is 1590. The molecule has 0 saturated heterocycles. The highest BCUT2D eigenvalue weighted by Gasteiger charge is 2.22. The summed E-state index contributed by atoms with van der Waals surface area (Å²) in [6.45, 7) is 0. The molecule has 0 aliphatic heterocycles. The molecule has 7 rings (SSSR count). The lowest BCUT2D eigenvalue weighted by Crippen LogP contribution is -2.21. The van der Waals surface area contributed by atoms with Crippen LogP contribution in [0.15, 0.2) is 109 Å². The van der Waals surface area contributed by atoms with Crippen LogP contribution in [-0.4, -0.2) is 11.6 Å². The molecule has 2 N–H and O–H groups in total. The second kappa shape index (κ2) is 7.28. The lowest BCUT2D eigenvalue weighted by molar-refractivity contribution is 0.0983. The van der Waals surface area contributed by atoms with E-state index in [1.54, 1.807) is 24.3 Å². The van der Waals surface area contributed by atoms with Gasteiger partial charge >= 0.3 is 0 Å². The first kappa shape index (κ1) is 19.2. The van der Waals surface area contributed by atoms with Crippen molar-refractivity contribution in [2.45, 2.75) is 0 Å². The topological polar surface area (TPSA) is 60.2 Å². The van der Waals surface area contributed by atoms with E-state index in [1.165, 1.54) is 49.2 Å². The molecule has 0 saturated carbocycles. The molecule has 156 valence electrons. The van der Waals surface area contributed by atoms with Crippen LogP contribution in [-0.2, 0) is 0 Å². The first-order valence-corrected chi connectivity index (χ1v) is 10.8. The summed E-state index contributed by atoms with van der Waals surface area (Å²) in [5.41, 5.74) is 6.22. The van der Waals surface area contributed by atoms with Gasteiger partial charge < -0.3 is 5.73 Å². The number of nitrogens with two attached hydrogens (primary N) is 1. The van der Waals surface area contributed by atoms with Crippen LogP contribution in [0.5, 0.6) is 0 Å². The van der Waals surface area contributed by atoms with Crippen LogP contribution in [0.4, 0.5) is 0 Å². The van der Waals surface area contributed by atoms with Gasteiger partial charge in [-0.15, -0.1) is 0 Å². The molecule has 0 radical (unpaired) electrons. The van der Waals surface area contributed by atoms with Crippen molar-refractivity contribution in [2.24, 2.45) is 5.73 Å². The van der Waals surface area contributed by atoms with Crippen molar-refractivity contribution in [2.75, 3.05) is 0 Å². The lowest BCUT2D eigenvalue weighted by Gasteiger charge is -2.13. The number of fused-ring (bicyclic) bond motifs is 3. The average molecular weight is 425 g/mol. The van der Waals surface area contributed by atoms with Crippen molar-refractivity contribution >= 4 is 54.7 Å². The van der Waals surface area contributed by atoms with Crippen LogP contribution in [0.2, 0.25) is 0 Å². The normalized spacial score (nSPS) is 13.3. The van der Waals surface area contributed by atoms with Crippen molar-refractivity contribution in [3.8, 4) is 0 Å². The highest BCUT2D eigenvalue weighted by Crippen LogP contribution is 2.39. The van der Waals surface area contributed by atoms with Gasteiger partial charge in [-0.05, 0) is 43.1 Å². The number of Topliss-reactive ketones (excluding diaryl/α,β-unsaturated/α-hetero) is 1. The van der Waals surface area contributed by atoms with E-state index in [2.05, 4.69) is 72.8 Å². The predicted octanol–water partition coefficient (Wildman–Crippen LogP) is 6.65. The molecule has 0 heterocycles. The van der Waals surface area contributed by atoms with E-state index in [0.29, 0.717) is 11.1 Å². The van der Waals surface area contributed by atoms with Crippen molar-refractivity contribution in [1.82, 2.24) is 0 Å². The molecule has 0 bridgehead atoms. The molecule has 0 amide bonds. The zero-order valence-corrected chi connectivity index (χ0v) is 17.7. The van der Waals surface area contributed by atoms with E-state index in [1.807, 2.05) is 0 Å². The largest absolute Gasteiger partial charge is 0.395 e. The van der Waals surface area contributed by atoms with Gasteiger partial charge in [0.25, 0.3) is 0 Å². The fourth-order valence-electron chi connectivity index (χ4n) is 4.92. The summed E-state index contributed by atoms with van der Waals surface area (Å²) in [5.74, 6) is -0.470. The van der Waals surface area contributed by atoms with E-state index < -0.39 is 0 Å². The molecule has 0 spiro atoms. The number of carbonyl (C=O) groups excluding carboxylic acids is 2. The number of benzene rings is 6. The van der Waals surface area contributed by atoms with Crippen LogP contribution >= 0.6 is 0 Å². The van der Waals surface area contributed by atoms with E-state index in [-0.39, 0.29) is 17.3 Å². The Kier molecular flexibility index (Phi) is 4.24. The van der Waals surface area contributed by atoms with Gasteiger partial charge in [-0.25, -0.2) is 0 Å². The highest BCUT2D eigenvalue weighted by atomic mass is 16.1. The summed E-state index contributed by atoms with van der Waals surface area (Å²) in [7, 11) is 0. The van der Waals surface area contributed by atoms with Gasteiger partial charge in [0.1, 0.15) is 0 Å². The van der Waals surface area contributed by atoms with Gasteiger partial charge in [0.15, 0.2) is 5.78 Å². The maximum atomic E-state index is 11.4. The van der Waals surface area contributed by atoms with Gasteiger partial charge in [-0.1, -0.05) is 97.1 Å². The molecule has 3 heteroatoms. The third-order valence-electron chi connectivity index (χ3n) is 6.38. The number of allylic oxidation sites excluding steroid dienone is 2. The number of hydrogen-bond donors (Lipinski definition) is 1. The zero-order valence-electron chi connectivity index (χ0n) is 17.7. The predicted molar refractivity (Wildman–Crippen MR) is 135 cm³/mol. The van der Waals surface area contributed by atoms with Gasteiger partial charge in [0.05, 0.1) is 5.70 Å². The Labute approximate surface area is 190 Å². The van der Waals surface area contributed by atoms with Crippen LogP contribution in [0.25, 0.3) is 43.1 Å². The molecule has 0 unspecified atom stereocenters. The number of rotatable bonds is 0. The molecule has 33 heavy (non-hydrogen) atoms. The SMILES string of the molecule is NC1=CC(=O)c2ccccc2C1=O.c1cc2cccc3c4cccc5cccc(c(c1)c23)c54. The molecular formula is C30H19NO2. The minimum absolute atomic E-state index is 0.0173. The van der Waals surface area contributed by atoms with Gasteiger partial charge in [-0.3, -0.25) is 9.59 Å². The molecule has 3 nitrogen and oxygen atoms in total. The van der Waals surface area contributed by atoms with E-state index in [9.17, 15) is 9.59 Å². The number of carbonyl (C=O) groups is 2. The average Bonchev–Trinajstić information content (AvgIpc) is 2.86. The first-order valence-electron chi connectivity index (χ1n) is 10.8. The molecule has 0 atom stereocenters. The third kappa shape index (κ3) is 2.90. The summed E-state index contributed by atoms with van der Waals surface area (Å²) in [6, 6.07) is 33.1. The molecule has 6 aromatic rings. The Morgan fingerprint density at radius 1 is 0.485 bits per heavy atom. The van der Waals surface area contributed by atoms with Gasteiger partial charge in [0, 0.05) is 17.2 Å². The Hall–Kier alpha value is -4.50. The summed E-state index contributed by atoms with van der Waals surface area (Å²) < 4.78 is 0. The third-order valence-corrected chi connectivity index (χ3v) is 6.38. The van der Waals surface area contributed by atoms with Gasteiger partial charge in [0.2, 0.25) is 5.78 Å². The van der Waals surface area contributed by atoms with Gasteiger partial charge in [-0.2, -0.15) is 0 Å². The smallest absolute Gasteiger partial charge is 0.209 e. The molecule has 6 aromatic carbocycles. The standard InChI is InChI=1S/C20H12.C10H7NO2/c1-5-13-6-2-11-17-18-12-4-8-14-7-3-10-16(20(14)18)15(9-1)19(13)17;11-8-5-9(12)6-3-1-2-4-7(6)10(8)13/h1-12H;1-5H,11H2. The monoisotopic (exact) mass is 425 g/mol. The van der Waals surface area contributed by atoms with E-state index >= 15 is 0 Å². The van der Waals surface area contributed by atoms with Crippen molar-refractivity contribution in [3.05, 3.63) is 120 Å². The van der Waals surface area contributed by atoms with E-state index in [4.69, 9.17) is 5.73 Å². The highest BCUT2D eigenvalue weighted by molar-refractivity contribution is 6.32. The van der Waals surface area contributed by atoms with Crippen LogP contribution in [0, 0.1) is 0 Å². The minimum Gasteiger partial charge on any atom is -0.395 e. The quantitative estimate of drug-likeness (QED) is 0.219. The first-order chi connectivity index (χ1) is 16.1. The molecular weight excluding hydrogens is 406 g/mol. The summed E-state index contributed by atoms with van der Waals surface area (Å²) in [5, 5.41) is 10.9. The van der Waals surface area contributed by atoms with Crippen LogP contribution in [0.3, 0.4) is 0 Å². The van der Waals surface area contributed by atoms with Crippen molar-refractivity contribution in [1.29, 1.82) is 0 Å². The molecule has 1 aliphatic carbocycles. The Balaban J connectivity index is 0.000000138. The fourth-order valence-corrected chi connectivity index (χ4v) is 4.92. The van der Waals surface area contributed by atoms with Crippen molar-refractivity contribution < 1.29 is 9.59 Å². The zero-order chi connectivity index (χ0) is 22.5. The maximum Gasteiger partial charge on any atom is 0.209 e. The Morgan fingerprint density at radius 3 is 1.36 bits per heavy atom. The van der Waals surface area contributed by atoms with Crippen molar-refractivity contribution in [3.63, 3.8) is 0 Å². The second-order valence-corrected chi connectivity index (χ2v) is 8.26. The maximum absolute atomic E-state index is 11.4. The lowest BCUT2D eigenvalue weighted by atomic mass is 9.90. The summed E-state index contributed by atoms with van der Waals surface area (Å²) in [4.78, 5) is 22.7. The number of hydrogen-bond acceptors (Lipinski definition) is 3. The van der Waals surface area contributed by atoms with E-state index in [0.717, 1.165) is 0 Å². The fraction of sp³-hybridized carbons (Fsp3) is 0. The molecule has 0 fully saturated rings. The second-order valence-electron chi connectivity index (χ2n) is 8.26. The summed E-state index contributed by atoms with van der Waals surface area (Å²) in [6.07, 6.45) is 1.17. The number of ketones is 2. The summed E-state index contributed by atoms with van der Waals surface area (Å²) >= 11 is 0. The molecule has 0 aromatic heterocycles. The van der Waals surface area contributed by atoms with Crippen LogP contribution < -0.4 is 5.73 Å². The molecule has 1 aliphatic rings. The van der Waals surface area contributed by atoms with Crippen LogP contribution in [0.1, 0.15) is 20.7 Å².